The molecule has 8 heteroatoms. The van der Waals surface area contributed by atoms with Crippen LogP contribution in [0.4, 0.5) is 17.5 Å². The minimum Gasteiger partial charge on any atom is -0.492 e. The lowest BCUT2D eigenvalue weighted by molar-refractivity contribution is 0.342. The standard InChI is InChI=1S/C25H32N6OS/c1-4-32-22-12-8-7-11-21(22)29-25(33)27-18-15-13-17(14-16-18)26-24-28-20-10-6-5-9-19(20)23(30-24)31(2)3/h5-12,17-18H,4,13-16H2,1-3H3,(H,26,28,30)(H2,27,29,33)/t17-,18+. The molecule has 1 saturated carbocycles. The van der Waals surface area contributed by atoms with Crippen LogP contribution in [0, 0.1) is 0 Å². The lowest BCUT2D eigenvalue weighted by atomic mass is 9.91. The molecule has 174 valence electrons. The zero-order valence-electron chi connectivity index (χ0n) is 19.5. The average Bonchev–Trinajstić information content (AvgIpc) is 2.81. The maximum absolute atomic E-state index is 5.68. The third-order valence-corrected chi connectivity index (χ3v) is 6.06. The molecule has 0 aliphatic heterocycles. The van der Waals surface area contributed by atoms with E-state index >= 15 is 0 Å². The summed E-state index contributed by atoms with van der Waals surface area (Å²) in [5.41, 5.74) is 1.84. The number of nitrogens with one attached hydrogen (secondary N) is 3. The smallest absolute Gasteiger partial charge is 0.225 e. The van der Waals surface area contributed by atoms with Crippen LogP contribution in [0.1, 0.15) is 32.6 Å². The summed E-state index contributed by atoms with van der Waals surface area (Å²) in [6.07, 6.45) is 4.12. The Morgan fingerprint density at radius 1 is 1.00 bits per heavy atom. The van der Waals surface area contributed by atoms with Crippen LogP contribution in [-0.4, -0.2) is 47.9 Å². The number of fused-ring (bicyclic) bond motifs is 1. The van der Waals surface area contributed by atoms with Gasteiger partial charge in [-0.15, -0.1) is 0 Å². The van der Waals surface area contributed by atoms with Gasteiger partial charge in [-0.3, -0.25) is 0 Å². The van der Waals surface area contributed by atoms with Crippen LogP contribution in [0.25, 0.3) is 10.9 Å². The number of rotatable bonds is 7. The molecule has 1 aliphatic carbocycles. The van der Waals surface area contributed by atoms with Gasteiger partial charge in [0.05, 0.1) is 17.8 Å². The number of nitrogens with zero attached hydrogens (tertiary/aromatic N) is 3. The number of anilines is 3. The molecule has 1 heterocycles. The van der Waals surface area contributed by atoms with Crippen molar-refractivity contribution in [1.29, 1.82) is 0 Å². The predicted molar refractivity (Wildman–Crippen MR) is 140 cm³/mol. The van der Waals surface area contributed by atoms with Crippen molar-refractivity contribution < 1.29 is 4.74 Å². The van der Waals surface area contributed by atoms with Gasteiger partial charge in [-0.05, 0) is 69.1 Å². The maximum atomic E-state index is 5.68. The van der Waals surface area contributed by atoms with Gasteiger partial charge in [0.2, 0.25) is 5.95 Å². The van der Waals surface area contributed by atoms with Crippen LogP contribution in [0.2, 0.25) is 0 Å². The predicted octanol–water partition coefficient (Wildman–Crippen LogP) is 4.80. The Bertz CT molecular complexity index is 1100. The van der Waals surface area contributed by atoms with Gasteiger partial charge in [-0.2, -0.15) is 4.98 Å². The summed E-state index contributed by atoms with van der Waals surface area (Å²) in [5.74, 6) is 2.44. The van der Waals surface area contributed by atoms with E-state index in [1.807, 2.05) is 68.4 Å². The van der Waals surface area contributed by atoms with E-state index in [-0.39, 0.29) is 0 Å². The third-order valence-electron chi connectivity index (χ3n) is 5.84. The number of aromatic nitrogens is 2. The number of benzene rings is 2. The Labute approximate surface area is 200 Å². The average molecular weight is 465 g/mol. The molecule has 7 nitrogen and oxygen atoms in total. The molecule has 2 aromatic carbocycles. The van der Waals surface area contributed by atoms with Gasteiger partial charge < -0.3 is 25.6 Å². The van der Waals surface area contributed by atoms with E-state index < -0.39 is 0 Å². The van der Waals surface area contributed by atoms with Crippen molar-refractivity contribution in [1.82, 2.24) is 15.3 Å². The van der Waals surface area contributed by atoms with Gasteiger partial charge in [0.25, 0.3) is 0 Å². The Morgan fingerprint density at radius 2 is 1.70 bits per heavy atom. The highest BCUT2D eigenvalue weighted by Gasteiger charge is 2.23. The molecule has 0 bridgehead atoms. The highest BCUT2D eigenvalue weighted by molar-refractivity contribution is 7.80. The highest BCUT2D eigenvalue weighted by atomic mass is 32.1. The largest absolute Gasteiger partial charge is 0.492 e. The summed E-state index contributed by atoms with van der Waals surface area (Å²) in [7, 11) is 4.03. The first-order valence-electron chi connectivity index (χ1n) is 11.5. The first-order chi connectivity index (χ1) is 16.0. The van der Waals surface area contributed by atoms with Gasteiger partial charge >= 0.3 is 0 Å². The summed E-state index contributed by atoms with van der Waals surface area (Å²) < 4.78 is 5.68. The zero-order valence-corrected chi connectivity index (χ0v) is 20.3. The van der Waals surface area contributed by atoms with Crippen molar-refractivity contribution in [2.75, 3.05) is 36.2 Å². The molecular weight excluding hydrogens is 432 g/mol. The molecule has 1 aliphatic rings. The number of hydrogen-bond donors (Lipinski definition) is 3. The van der Waals surface area contributed by atoms with E-state index in [9.17, 15) is 0 Å². The minimum absolute atomic E-state index is 0.345. The second-order valence-corrected chi connectivity index (χ2v) is 8.91. The van der Waals surface area contributed by atoms with Gasteiger partial charge in [-0.25, -0.2) is 4.98 Å². The van der Waals surface area contributed by atoms with E-state index in [4.69, 9.17) is 26.9 Å². The van der Waals surface area contributed by atoms with Crippen LogP contribution in [-0.2, 0) is 0 Å². The van der Waals surface area contributed by atoms with Crippen molar-refractivity contribution >= 4 is 45.7 Å². The Kier molecular flexibility index (Phi) is 7.44. The van der Waals surface area contributed by atoms with E-state index in [0.717, 1.165) is 53.8 Å². The summed E-state index contributed by atoms with van der Waals surface area (Å²) in [6.45, 7) is 2.59. The van der Waals surface area contributed by atoms with Gasteiger partial charge in [0, 0.05) is 31.6 Å². The van der Waals surface area contributed by atoms with E-state index in [0.29, 0.717) is 29.8 Å². The fraction of sp³-hybridized carbons (Fsp3) is 0.400. The molecule has 3 N–H and O–H groups in total. The second kappa shape index (κ2) is 10.7. The number of ether oxygens (including phenoxy) is 1. The molecule has 1 aromatic heterocycles. The quantitative estimate of drug-likeness (QED) is 0.431. The zero-order chi connectivity index (χ0) is 23.2. The topological polar surface area (TPSA) is 74.3 Å². The minimum atomic E-state index is 0.345. The fourth-order valence-electron chi connectivity index (χ4n) is 4.23. The third kappa shape index (κ3) is 5.82. The summed E-state index contributed by atoms with van der Waals surface area (Å²) in [6, 6.07) is 16.7. The molecular formula is C25H32N6OS. The monoisotopic (exact) mass is 464 g/mol. The van der Waals surface area contributed by atoms with E-state index in [2.05, 4.69) is 22.0 Å². The highest BCUT2D eigenvalue weighted by Crippen LogP contribution is 2.27. The van der Waals surface area contributed by atoms with Crippen molar-refractivity contribution in [3.63, 3.8) is 0 Å². The lowest BCUT2D eigenvalue weighted by Gasteiger charge is -2.30. The number of para-hydroxylation sites is 3. The summed E-state index contributed by atoms with van der Waals surface area (Å²) in [4.78, 5) is 11.6. The van der Waals surface area contributed by atoms with Crippen LogP contribution in [0.15, 0.2) is 48.5 Å². The molecule has 1 fully saturated rings. The molecule has 3 aromatic rings. The SMILES string of the molecule is CCOc1ccccc1NC(=S)N[C@H]1CC[C@@H](Nc2nc(N(C)C)c3ccccc3n2)CC1. The molecule has 0 saturated heterocycles. The lowest BCUT2D eigenvalue weighted by Crippen LogP contribution is -2.42. The number of thiocarbonyl (C=S) groups is 1. The van der Waals surface area contributed by atoms with Crippen molar-refractivity contribution in [2.24, 2.45) is 0 Å². The number of hydrogen-bond acceptors (Lipinski definition) is 6. The Morgan fingerprint density at radius 3 is 2.45 bits per heavy atom. The van der Waals surface area contributed by atoms with Crippen LogP contribution in [0.5, 0.6) is 5.75 Å². The second-order valence-electron chi connectivity index (χ2n) is 8.50. The molecule has 0 amide bonds. The normalized spacial score (nSPS) is 17.9. The van der Waals surface area contributed by atoms with Gasteiger partial charge in [0.1, 0.15) is 11.6 Å². The molecule has 0 atom stereocenters. The molecule has 0 unspecified atom stereocenters. The van der Waals surface area contributed by atoms with Crippen LogP contribution < -0.4 is 25.6 Å². The van der Waals surface area contributed by atoms with E-state index in [1.165, 1.54) is 0 Å². The van der Waals surface area contributed by atoms with Crippen molar-refractivity contribution in [3.8, 4) is 5.75 Å². The van der Waals surface area contributed by atoms with Crippen molar-refractivity contribution in [2.45, 2.75) is 44.7 Å². The van der Waals surface area contributed by atoms with Gasteiger partial charge in [-0.1, -0.05) is 24.3 Å². The van der Waals surface area contributed by atoms with Gasteiger partial charge in [0.15, 0.2) is 5.11 Å². The summed E-state index contributed by atoms with van der Waals surface area (Å²) in [5, 5.41) is 12.0. The molecule has 33 heavy (non-hydrogen) atoms. The molecule has 0 radical (unpaired) electrons. The maximum Gasteiger partial charge on any atom is 0.225 e. The summed E-state index contributed by atoms with van der Waals surface area (Å²) >= 11 is 5.56. The molecule has 4 rings (SSSR count). The van der Waals surface area contributed by atoms with Crippen LogP contribution in [0.3, 0.4) is 0 Å². The Balaban J connectivity index is 1.32. The van der Waals surface area contributed by atoms with E-state index in [1.54, 1.807) is 0 Å². The first kappa shape index (κ1) is 23.0. The molecule has 0 spiro atoms. The van der Waals surface area contributed by atoms with Crippen LogP contribution >= 0.6 is 12.2 Å². The first-order valence-corrected chi connectivity index (χ1v) is 11.9. The fourth-order valence-corrected chi connectivity index (χ4v) is 4.50. The Hall–Kier alpha value is -3.13. The van der Waals surface area contributed by atoms with Crippen molar-refractivity contribution in [3.05, 3.63) is 48.5 Å².